The zero-order chi connectivity index (χ0) is 17.8. The van der Waals surface area contributed by atoms with E-state index >= 15 is 0 Å². The van der Waals surface area contributed by atoms with Crippen molar-refractivity contribution in [3.63, 3.8) is 0 Å². The summed E-state index contributed by atoms with van der Waals surface area (Å²) in [5.41, 5.74) is 0.920. The minimum Gasteiger partial charge on any atom is -0.481 e. The van der Waals surface area contributed by atoms with Crippen LogP contribution in [0, 0.1) is 11.8 Å². The van der Waals surface area contributed by atoms with Gasteiger partial charge in [0.1, 0.15) is 6.61 Å². The molecule has 2 saturated carbocycles. The highest BCUT2D eigenvalue weighted by Crippen LogP contribution is 2.31. The normalized spacial score (nSPS) is 27.4. The molecule has 2 aliphatic rings. The van der Waals surface area contributed by atoms with Gasteiger partial charge in [0.15, 0.2) is 0 Å². The van der Waals surface area contributed by atoms with Crippen LogP contribution in [0.4, 0.5) is 4.79 Å². The van der Waals surface area contributed by atoms with E-state index in [1.54, 1.807) is 0 Å². The number of hydrogen-bond donors (Lipinski definition) is 3. The summed E-state index contributed by atoms with van der Waals surface area (Å²) in [5, 5.41) is 14.5. The van der Waals surface area contributed by atoms with Crippen molar-refractivity contribution in [2.24, 2.45) is 11.8 Å². The molecule has 0 bridgehead atoms. The Hall–Kier alpha value is -2.57. The Labute approximate surface area is 145 Å². The Balaban J connectivity index is 1.29. The molecule has 3 rings (SSSR count). The zero-order valence-electron chi connectivity index (χ0n) is 13.8. The first-order valence-electron chi connectivity index (χ1n) is 8.51. The average Bonchev–Trinajstić information content (AvgIpc) is 2.52. The summed E-state index contributed by atoms with van der Waals surface area (Å²) >= 11 is 0. The molecule has 3 N–H and O–H groups in total. The number of amides is 2. The Morgan fingerprint density at radius 2 is 1.56 bits per heavy atom. The van der Waals surface area contributed by atoms with Crippen LogP contribution in [0.15, 0.2) is 30.3 Å². The predicted octanol–water partition coefficient (Wildman–Crippen LogP) is 1.67. The van der Waals surface area contributed by atoms with Crippen molar-refractivity contribution in [2.75, 3.05) is 0 Å². The van der Waals surface area contributed by atoms with Gasteiger partial charge < -0.3 is 20.5 Å². The molecule has 7 nitrogen and oxygen atoms in total. The van der Waals surface area contributed by atoms with Gasteiger partial charge in [0, 0.05) is 18.0 Å². The summed E-state index contributed by atoms with van der Waals surface area (Å²) < 4.78 is 5.15. The minimum atomic E-state index is -0.799. The number of carbonyl (C=O) groups is 3. The Bertz CT molecular complexity index is 636. The minimum absolute atomic E-state index is 0.0311. The second-order valence-corrected chi connectivity index (χ2v) is 6.78. The number of carboxylic acid groups (broad SMARTS) is 1. The molecule has 0 spiro atoms. The van der Waals surface area contributed by atoms with Crippen LogP contribution in [-0.2, 0) is 20.9 Å². The van der Waals surface area contributed by atoms with Gasteiger partial charge in [-0.1, -0.05) is 30.3 Å². The van der Waals surface area contributed by atoms with Gasteiger partial charge in [-0.25, -0.2) is 4.79 Å². The van der Waals surface area contributed by atoms with Crippen LogP contribution in [0.2, 0.25) is 0 Å². The van der Waals surface area contributed by atoms with Crippen LogP contribution in [-0.4, -0.2) is 35.2 Å². The third-order valence-corrected chi connectivity index (χ3v) is 4.88. The van der Waals surface area contributed by atoms with E-state index in [1.807, 2.05) is 30.3 Å². The zero-order valence-corrected chi connectivity index (χ0v) is 13.8. The second-order valence-electron chi connectivity index (χ2n) is 6.78. The molecule has 0 heterocycles. The summed E-state index contributed by atoms with van der Waals surface area (Å²) in [6, 6.07) is 9.34. The van der Waals surface area contributed by atoms with E-state index in [0.29, 0.717) is 25.7 Å². The molecule has 0 unspecified atom stereocenters. The molecule has 7 heteroatoms. The highest BCUT2D eigenvalue weighted by atomic mass is 16.5. The molecule has 2 fully saturated rings. The van der Waals surface area contributed by atoms with Gasteiger partial charge in [0.2, 0.25) is 5.91 Å². The number of rotatable bonds is 6. The molecule has 0 atom stereocenters. The molecule has 25 heavy (non-hydrogen) atoms. The number of aliphatic carboxylic acids is 1. The van der Waals surface area contributed by atoms with Gasteiger partial charge in [-0.15, -0.1) is 0 Å². The number of benzene rings is 1. The van der Waals surface area contributed by atoms with Crippen molar-refractivity contribution in [2.45, 2.75) is 44.4 Å². The largest absolute Gasteiger partial charge is 0.481 e. The summed E-state index contributed by atoms with van der Waals surface area (Å²) in [7, 11) is 0. The molecule has 1 aromatic rings. The fourth-order valence-electron chi connectivity index (χ4n) is 3.14. The van der Waals surface area contributed by atoms with E-state index in [9.17, 15) is 14.4 Å². The number of hydrogen-bond acceptors (Lipinski definition) is 4. The number of ether oxygens (including phenoxy) is 1. The molecule has 0 saturated heterocycles. The van der Waals surface area contributed by atoms with Crippen molar-refractivity contribution in [1.29, 1.82) is 0 Å². The third kappa shape index (κ3) is 4.49. The summed E-state index contributed by atoms with van der Waals surface area (Å²) in [6.07, 6.45) is 1.70. The Kier molecular flexibility index (Phi) is 5.21. The van der Waals surface area contributed by atoms with Gasteiger partial charge in [0.25, 0.3) is 0 Å². The lowest BCUT2D eigenvalue weighted by Crippen LogP contribution is -2.53. The first kappa shape index (κ1) is 17.3. The van der Waals surface area contributed by atoms with Gasteiger partial charge in [-0.2, -0.15) is 0 Å². The van der Waals surface area contributed by atoms with Crippen molar-refractivity contribution in [1.82, 2.24) is 10.6 Å². The number of carboxylic acids is 1. The molecule has 1 aromatic carbocycles. The van der Waals surface area contributed by atoms with Crippen LogP contribution in [0.5, 0.6) is 0 Å². The van der Waals surface area contributed by atoms with E-state index in [-0.39, 0.29) is 36.4 Å². The van der Waals surface area contributed by atoms with Gasteiger partial charge in [-0.3, -0.25) is 9.59 Å². The van der Waals surface area contributed by atoms with Gasteiger partial charge in [-0.05, 0) is 31.2 Å². The van der Waals surface area contributed by atoms with Crippen LogP contribution in [0.3, 0.4) is 0 Å². The molecule has 0 aliphatic heterocycles. The highest BCUT2D eigenvalue weighted by Gasteiger charge is 2.40. The van der Waals surface area contributed by atoms with Crippen molar-refractivity contribution < 1.29 is 24.2 Å². The number of carbonyl (C=O) groups excluding carboxylic acids is 2. The van der Waals surface area contributed by atoms with Gasteiger partial charge in [0.05, 0.1) is 5.92 Å². The van der Waals surface area contributed by atoms with Crippen molar-refractivity contribution in [3.05, 3.63) is 35.9 Å². The van der Waals surface area contributed by atoms with Gasteiger partial charge >= 0.3 is 12.1 Å². The molecular formula is C18H22N2O5. The van der Waals surface area contributed by atoms with E-state index in [1.165, 1.54) is 0 Å². The van der Waals surface area contributed by atoms with Crippen LogP contribution in [0.25, 0.3) is 0 Å². The average molecular weight is 346 g/mol. The summed E-state index contributed by atoms with van der Waals surface area (Å²) in [5.74, 6) is -1.30. The van der Waals surface area contributed by atoms with Crippen LogP contribution in [0.1, 0.15) is 31.2 Å². The first-order chi connectivity index (χ1) is 12.0. The topological polar surface area (TPSA) is 105 Å². The highest BCUT2D eigenvalue weighted by molar-refractivity contribution is 5.81. The van der Waals surface area contributed by atoms with Crippen LogP contribution < -0.4 is 10.6 Å². The third-order valence-electron chi connectivity index (χ3n) is 4.88. The first-order valence-corrected chi connectivity index (χ1v) is 8.51. The lowest BCUT2D eigenvalue weighted by molar-refractivity contribution is -0.146. The fraction of sp³-hybridized carbons (Fsp3) is 0.500. The molecule has 0 aromatic heterocycles. The quantitative estimate of drug-likeness (QED) is 0.727. The van der Waals surface area contributed by atoms with Crippen molar-refractivity contribution in [3.8, 4) is 0 Å². The lowest BCUT2D eigenvalue weighted by atomic mass is 9.77. The summed E-state index contributed by atoms with van der Waals surface area (Å²) in [4.78, 5) is 34.5. The Morgan fingerprint density at radius 3 is 2.20 bits per heavy atom. The molecule has 134 valence electrons. The SMILES string of the molecule is O=C(NC1CC(C(=O)NC2CC(C(=O)O)C2)C1)OCc1ccccc1. The maximum Gasteiger partial charge on any atom is 0.407 e. The smallest absolute Gasteiger partial charge is 0.407 e. The lowest BCUT2D eigenvalue weighted by Gasteiger charge is -2.38. The molecule has 2 amide bonds. The Morgan fingerprint density at radius 1 is 0.960 bits per heavy atom. The standard InChI is InChI=1S/C18H22N2O5/c21-16(19-14-8-13(9-14)17(22)23)12-6-15(7-12)20-18(24)25-10-11-4-2-1-3-5-11/h1-5,12-15H,6-10H2,(H,19,21)(H,20,24)(H,22,23). The van der Waals surface area contributed by atoms with E-state index in [0.717, 1.165) is 5.56 Å². The maximum absolute atomic E-state index is 12.0. The summed E-state index contributed by atoms with van der Waals surface area (Å²) in [6.45, 7) is 0.218. The molecular weight excluding hydrogens is 324 g/mol. The van der Waals surface area contributed by atoms with E-state index < -0.39 is 12.1 Å². The number of nitrogens with one attached hydrogen (secondary N) is 2. The fourth-order valence-corrected chi connectivity index (χ4v) is 3.14. The second kappa shape index (κ2) is 7.55. The predicted molar refractivity (Wildman–Crippen MR) is 88.6 cm³/mol. The van der Waals surface area contributed by atoms with Crippen LogP contribution >= 0.6 is 0 Å². The maximum atomic E-state index is 12.0. The van der Waals surface area contributed by atoms with E-state index in [2.05, 4.69) is 10.6 Å². The molecule has 2 aliphatic carbocycles. The number of alkyl carbamates (subject to hydrolysis) is 1. The monoisotopic (exact) mass is 346 g/mol. The van der Waals surface area contributed by atoms with Crippen molar-refractivity contribution >= 4 is 18.0 Å². The van der Waals surface area contributed by atoms with E-state index in [4.69, 9.17) is 9.84 Å². The molecule has 0 radical (unpaired) electrons.